The molecule has 0 radical (unpaired) electrons. The highest BCUT2D eigenvalue weighted by molar-refractivity contribution is 5.91. The van der Waals surface area contributed by atoms with Crippen LogP contribution in [0.25, 0.3) is 0 Å². The van der Waals surface area contributed by atoms with Gasteiger partial charge in [-0.15, -0.1) is 0 Å². The van der Waals surface area contributed by atoms with Gasteiger partial charge in [-0.1, -0.05) is 6.07 Å². The van der Waals surface area contributed by atoms with Crippen molar-refractivity contribution in [3.05, 3.63) is 41.5 Å². The first-order valence-corrected chi connectivity index (χ1v) is 10.6. The number of phenolic OH excluding ortho intramolecular Hbond substituents is 4. The molecular formula is C23H26O12. The van der Waals surface area contributed by atoms with Gasteiger partial charge in [0.2, 0.25) is 6.29 Å². The fourth-order valence-electron chi connectivity index (χ4n) is 3.38. The number of esters is 1. The van der Waals surface area contributed by atoms with E-state index in [1.54, 1.807) is 6.07 Å². The first-order valence-electron chi connectivity index (χ1n) is 10.6. The summed E-state index contributed by atoms with van der Waals surface area (Å²) in [5.41, 5.74) is 0.355. The number of benzene rings is 2. The van der Waals surface area contributed by atoms with Gasteiger partial charge in [-0.3, -0.25) is 0 Å². The fourth-order valence-corrected chi connectivity index (χ4v) is 3.38. The number of aromatic hydroxyl groups is 4. The molecule has 1 saturated heterocycles. The van der Waals surface area contributed by atoms with Crippen LogP contribution in [0.2, 0.25) is 0 Å². The number of carbonyl (C=O) groups is 2. The van der Waals surface area contributed by atoms with Crippen molar-refractivity contribution in [1.82, 2.24) is 0 Å². The third kappa shape index (κ3) is 6.11. The molecule has 0 amide bonds. The Bertz CT molecular complexity index is 1060. The van der Waals surface area contributed by atoms with Crippen LogP contribution in [0.5, 0.6) is 28.7 Å². The molecule has 12 heteroatoms. The van der Waals surface area contributed by atoms with Gasteiger partial charge in [0.05, 0.1) is 5.56 Å². The molecule has 7 N–H and O–H groups in total. The summed E-state index contributed by atoms with van der Waals surface area (Å²) in [7, 11) is 0. The lowest BCUT2D eigenvalue weighted by Gasteiger charge is -2.39. The lowest BCUT2D eigenvalue weighted by molar-refractivity contribution is -0.277. The van der Waals surface area contributed by atoms with Crippen LogP contribution >= 0.6 is 0 Å². The Labute approximate surface area is 199 Å². The highest BCUT2D eigenvalue weighted by Gasteiger charge is 2.45. The monoisotopic (exact) mass is 494 g/mol. The van der Waals surface area contributed by atoms with E-state index in [9.17, 15) is 45.3 Å². The van der Waals surface area contributed by atoms with Crippen LogP contribution in [0.15, 0.2) is 30.3 Å². The fraction of sp³-hybridized carbons (Fsp3) is 0.391. The molecule has 1 heterocycles. The Morgan fingerprint density at radius 2 is 1.57 bits per heavy atom. The number of ether oxygens (including phenoxy) is 3. The zero-order chi connectivity index (χ0) is 25.9. The molecule has 5 atom stereocenters. The van der Waals surface area contributed by atoms with Crippen LogP contribution in [0.4, 0.5) is 0 Å². The van der Waals surface area contributed by atoms with Gasteiger partial charge < -0.3 is 54.8 Å². The summed E-state index contributed by atoms with van der Waals surface area (Å²) in [5.74, 6) is -3.81. The van der Waals surface area contributed by atoms with Gasteiger partial charge in [0, 0.05) is 6.42 Å². The molecule has 1 fully saturated rings. The predicted molar refractivity (Wildman–Crippen MR) is 116 cm³/mol. The standard InChI is InChI=1S/C23H26O12/c1-10(24)2-3-11-4-5-16(13(25)6-11)34-23-21(31)20(30)19(29)17(35-23)9-33-22(32)12-7-14(26)18(28)15(27)8-12/h4-8,17,19-21,23,25-31H,2-3,9H2,1H3/t17-,19-,20+,21-,23-/m0/s1. The number of phenols is 4. The lowest BCUT2D eigenvalue weighted by atomic mass is 9.99. The summed E-state index contributed by atoms with van der Waals surface area (Å²) in [4.78, 5) is 23.4. The molecule has 190 valence electrons. The van der Waals surface area contributed by atoms with Crippen molar-refractivity contribution in [2.75, 3.05) is 6.61 Å². The maximum Gasteiger partial charge on any atom is 0.338 e. The van der Waals surface area contributed by atoms with E-state index in [4.69, 9.17) is 14.2 Å². The summed E-state index contributed by atoms with van der Waals surface area (Å²) in [6, 6.07) is 6.06. The van der Waals surface area contributed by atoms with Crippen molar-refractivity contribution >= 4 is 11.8 Å². The molecule has 2 aromatic rings. The quantitative estimate of drug-likeness (QED) is 0.192. The summed E-state index contributed by atoms with van der Waals surface area (Å²) >= 11 is 0. The highest BCUT2D eigenvalue weighted by atomic mass is 16.7. The van der Waals surface area contributed by atoms with E-state index in [0.29, 0.717) is 12.0 Å². The van der Waals surface area contributed by atoms with Gasteiger partial charge in [-0.05, 0) is 43.2 Å². The normalized spacial score (nSPS) is 24.1. The molecule has 3 rings (SSSR count). The van der Waals surface area contributed by atoms with Crippen molar-refractivity contribution in [1.29, 1.82) is 0 Å². The van der Waals surface area contributed by atoms with Gasteiger partial charge in [0.25, 0.3) is 0 Å². The second-order valence-electron chi connectivity index (χ2n) is 8.10. The van der Waals surface area contributed by atoms with Crippen molar-refractivity contribution in [2.24, 2.45) is 0 Å². The number of ketones is 1. The molecule has 1 aliphatic heterocycles. The number of Topliss-reactive ketones (excluding diaryl/α,β-unsaturated/α-hetero) is 1. The molecule has 0 bridgehead atoms. The van der Waals surface area contributed by atoms with Crippen molar-refractivity contribution < 1.29 is 59.5 Å². The van der Waals surface area contributed by atoms with Gasteiger partial charge in [-0.2, -0.15) is 0 Å². The lowest BCUT2D eigenvalue weighted by Crippen LogP contribution is -2.60. The van der Waals surface area contributed by atoms with E-state index >= 15 is 0 Å². The van der Waals surface area contributed by atoms with Crippen LogP contribution in [0.1, 0.15) is 29.3 Å². The zero-order valence-corrected chi connectivity index (χ0v) is 18.6. The summed E-state index contributed by atoms with van der Waals surface area (Å²) in [6.07, 6.45) is -7.39. The van der Waals surface area contributed by atoms with Crippen LogP contribution in [-0.2, 0) is 20.7 Å². The van der Waals surface area contributed by atoms with E-state index < -0.39 is 60.5 Å². The van der Waals surface area contributed by atoms with E-state index in [2.05, 4.69) is 0 Å². The van der Waals surface area contributed by atoms with E-state index in [0.717, 1.165) is 12.1 Å². The maximum atomic E-state index is 12.2. The molecule has 1 aliphatic rings. The highest BCUT2D eigenvalue weighted by Crippen LogP contribution is 2.36. The second kappa shape index (κ2) is 10.8. The number of rotatable bonds is 8. The first-order chi connectivity index (χ1) is 16.5. The minimum atomic E-state index is -1.75. The Morgan fingerprint density at radius 3 is 2.17 bits per heavy atom. The van der Waals surface area contributed by atoms with E-state index in [1.165, 1.54) is 19.1 Å². The van der Waals surface area contributed by atoms with E-state index in [1.807, 2.05) is 0 Å². The van der Waals surface area contributed by atoms with Gasteiger partial charge in [0.1, 0.15) is 36.8 Å². The number of aliphatic hydroxyl groups is 3. The zero-order valence-electron chi connectivity index (χ0n) is 18.6. The molecule has 0 spiro atoms. The SMILES string of the molecule is CC(=O)CCc1ccc(O[C@H]2O[C@@H](COC(=O)c3cc(O)c(O)c(O)c3)[C@H](O)[C@@H](O)[C@@H]2O)c(O)c1. The molecule has 0 unspecified atom stereocenters. The van der Waals surface area contributed by atoms with Crippen LogP contribution in [0, 0.1) is 0 Å². The number of carbonyl (C=O) groups excluding carboxylic acids is 2. The molecule has 12 nitrogen and oxygen atoms in total. The molecular weight excluding hydrogens is 468 g/mol. The van der Waals surface area contributed by atoms with Crippen molar-refractivity contribution in [3.8, 4) is 28.7 Å². The average molecular weight is 494 g/mol. The third-order valence-corrected chi connectivity index (χ3v) is 5.38. The average Bonchev–Trinajstić information content (AvgIpc) is 2.81. The predicted octanol–water partition coefficient (Wildman–Crippen LogP) is 0.0740. The number of aryl methyl sites for hydroxylation is 1. The van der Waals surface area contributed by atoms with Crippen LogP contribution < -0.4 is 4.74 Å². The summed E-state index contributed by atoms with van der Waals surface area (Å²) in [5, 5.41) is 69.3. The van der Waals surface area contributed by atoms with Crippen LogP contribution in [0.3, 0.4) is 0 Å². The van der Waals surface area contributed by atoms with Crippen molar-refractivity contribution in [2.45, 2.75) is 50.5 Å². The summed E-state index contributed by atoms with van der Waals surface area (Å²) < 4.78 is 15.9. The number of hydrogen-bond acceptors (Lipinski definition) is 12. The van der Waals surface area contributed by atoms with Crippen LogP contribution in [-0.4, -0.2) is 84.8 Å². The van der Waals surface area contributed by atoms with Crippen molar-refractivity contribution in [3.63, 3.8) is 0 Å². The number of aliphatic hydroxyl groups excluding tert-OH is 3. The third-order valence-electron chi connectivity index (χ3n) is 5.38. The topological polar surface area (TPSA) is 203 Å². The Kier molecular flexibility index (Phi) is 8.02. The van der Waals surface area contributed by atoms with Gasteiger partial charge >= 0.3 is 5.97 Å². The molecule has 2 aromatic carbocycles. The second-order valence-corrected chi connectivity index (χ2v) is 8.10. The smallest absolute Gasteiger partial charge is 0.338 e. The number of hydrogen-bond donors (Lipinski definition) is 7. The first kappa shape index (κ1) is 26.0. The summed E-state index contributed by atoms with van der Waals surface area (Å²) in [6.45, 7) is 0.826. The minimum absolute atomic E-state index is 0.0122. The van der Waals surface area contributed by atoms with Gasteiger partial charge in [-0.25, -0.2) is 4.79 Å². The van der Waals surface area contributed by atoms with E-state index in [-0.39, 0.29) is 29.3 Å². The molecule has 0 aromatic heterocycles. The Hall–Kier alpha value is -3.58. The van der Waals surface area contributed by atoms with Gasteiger partial charge in [0.15, 0.2) is 28.7 Å². The maximum absolute atomic E-state index is 12.2. The molecule has 35 heavy (non-hydrogen) atoms. The minimum Gasteiger partial charge on any atom is -0.504 e. The Morgan fingerprint density at radius 1 is 0.914 bits per heavy atom. The Balaban J connectivity index is 1.67. The molecule has 0 aliphatic carbocycles. The molecule has 0 saturated carbocycles. The largest absolute Gasteiger partial charge is 0.504 e.